The number of hydrogen-bond donors (Lipinski definition) is 2. The minimum Gasteiger partial charge on any atom is -0.399 e. The van der Waals surface area contributed by atoms with Crippen LogP contribution in [0.2, 0.25) is 5.02 Å². The van der Waals surface area contributed by atoms with Crippen LogP contribution in [-0.2, 0) is 17.5 Å². The topological polar surface area (TPSA) is 103 Å². The number of ether oxygens (including phenoxy) is 1. The number of rotatable bonds is 6. The maximum Gasteiger partial charge on any atom is 0.417 e. The van der Waals surface area contributed by atoms with Gasteiger partial charge in [-0.15, -0.1) is 0 Å². The van der Waals surface area contributed by atoms with E-state index in [-0.39, 0.29) is 12.1 Å². The molecule has 0 spiro atoms. The van der Waals surface area contributed by atoms with Gasteiger partial charge in [-0.3, -0.25) is 14.5 Å². The van der Waals surface area contributed by atoms with Gasteiger partial charge < -0.3 is 15.4 Å². The Morgan fingerprint density at radius 2 is 2.09 bits per heavy atom. The van der Waals surface area contributed by atoms with Crippen LogP contribution in [0.1, 0.15) is 29.3 Å². The Labute approximate surface area is 188 Å². The first-order valence-corrected chi connectivity index (χ1v) is 10.2. The highest BCUT2D eigenvalue weighted by Crippen LogP contribution is 2.37. The molecule has 174 valence electrons. The van der Waals surface area contributed by atoms with Crippen LogP contribution < -0.4 is 16.6 Å². The van der Waals surface area contributed by atoms with E-state index in [9.17, 15) is 18.0 Å². The van der Waals surface area contributed by atoms with E-state index in [2.05, 4.69) is 5.10 Å². The fourth-order valence-corrected chi connectivity index (χ4v) is 3.82. The highest BCUT2D eigenvalue weighted by atomic mass is 35.5. The predicted molar refractivity (Wildman–Crippen MR) is 114 cm³/mol. The third kappa shape index (κ3) is 4.69. The van der Waals surface area contributed by atoms with Crippen molar-refractivity contribution in [1.82, 2.24) is 14.7 Å². The number of halogens is 4. The van der Waals surface area contributed by atoms with Gasteiger partial charge in [0.1, 0.15) is 0 Å². The van der Waals surface area contributed by atoms with Crippen LogP contribution in [0.4, 0.5) is 19.0 Å². The Bertz CT molecular complexity index is 1020. The normalized spacial score (nSPS) is 17.1. The van der Waals surface area contributed by atoms with Crippen LogP contribution in [-0.4, -0.2) is 46.9 Å². The van der Waals surface area contributed by atoms with Crippen LogP contribution in [0.25, 0.3) is 0 Å². The van der Waals surface area contributed by atoms with Gasteiger partial charge in [-0.05, 0) is 19.1 Å². The number of anilines is 1. The molecule has 1 aromatic carbocycles. The molecule has 1 atom stereocenters. The smallest absolute Gasteiger partial charge is 0.399 e. The van der Waals surface area contributed by atoms with Gasteiger partial charge in [0.2, 0.25) is 0 Å². The van der Waals surface area contributed by atoms with E-state index in [0.717, 1.165) is 12.1 Å². The van der Waals surface area contributed by atoms with Crippen molar-refractivity contribution in [2.75, 3.05) is 25.3 Å². The largest absolute Gasteiger partial charge is 0.417 e. The van der Waals surface area contributed by atoms with Crippen molar-refractivity contribution in [2.24, 2.45) is 11.6 Å². The molecule has 3 rings (SSSR count). The number of carbonyl (C=O) groups is 1. The van der Waals surface area contributed by atoms with Crippen LogP contribution in [0, 0.1) is 0 Å². The predicted octanol–water partition coefficient (Wildman–Crippen LogP) is 2.99. The average molecular weight is 473 g/mol. The van der Waals surface area contributed by atoms with Crippen molar-refractivity contribution in [3.05, 3.63) is 58.0 Å². The monoisotopic (exact) mass is 472 g/mol. The fourth-order valence-electron chi connectivity index (χ4n) is 3.51. The quantitative estimate of drug-likeness (QED) is 0.495. The second kappa shape index (κ2) is 9.39. The summed E-state index contributed by atoms with van der Waals surface area (Å²) in [6.07, 6.45) is -2.62. The maximum atomic E-state index is 13.2. The van der Waals surface area contributed by atoms with Crippen molar-refractivity contribution >= 4 is 23.3 Å². The first-order valence-electron chi connectivity index (χ1n) is 9.78. The number of methoxy groups -OCH3 is 1. The van der Waals surface area contributed by atoms with Gasteiger partial charge >= 0.3 is 6.18 Å². The van der Waals surface area contributed by atoms with E-state index in [0.29, 0.717) is 36.8 Å². The number of amides is 1. The zero-order chi connectivity index (χ0) is 23.6. The molecule has 0 bridgehead atoms. The van der Waals surface area contributed by atoms with Crippen LogP contribution in [0.5, 0.6) is 0 Å². The minimum absolute atomic E-state index is 0.195. The summed E-state index contributed by atoms with van der Waals surface area (Å²) in [5.41, 5.74) is 5.90. The van der Waals surface area contributed by atoms with E-state index in [1.807, 2.05) is 0 Å². The number of hydrogen-bond acceptors (Lipinski definition) is 6. The number of hydrazine groups is 1. The van der Waals surface area contributed by atoms with Gasteiger partial charge in [-0.2, -0.15) is 18.3 Å². The molecule has 2 heterocycles. The Hall–Kier alpha value is -2.76. The second-order valence-electron chi connectivity index (χ2n) is 7.29. The molecule has 8 nitrogen and oxygen atoms in total. The van der Waals surface area contributed by atoms with Crippen molar-refractivity contribution in [3.63, 3.8) is 0 Å². The van der Waals surface area contributed by atoms with Gasteiger partial charge in [0, 0.05) is 32.3 Å². The molecule has 0 fully saturated rings. The Morgan fingerprint density at radius 3 is 2.75 bits per heavy atom. The van der Waals surface area contributed by atoms with Crippen molar-refractivity contribution in [2.45, 2.75) is 32.1 Å². The minimum atomic E-state index is -4.67. The average Bonchev–Trinajstić information content (AvgIpc) is 3.21. The van der Waals surface area contributed by atoms with Crippen LogP contribution in [0.15, 0.2) is 41.9 Å². The Kier molecular flexibility index (Phi) is 7.01. The molecule has 32 heavy (non-hydrogen) atoms. The summed E-state index contributed by atoms with van der Waals surface area (Å²) in [6.45, 7) is 2.91. The Balaban J connectivity index is 1.83. The zero-order valence-corrected chi connectivity index (χ0v) is 18.3. The molecular weight excluding hydrogens is 449 g/mol. The number of nitrogens with two attached hydrogens (primary N) is 2. The molecule has 0 radical (unpaired) electrons. The molecule has 1 unspecified atom stereocenters. The molecular formula is C20H24ClF3N6O2. The number of alkyl halides is 3. The van der Waals surface area contributed by atoms with Gasteiger partial charge in [-0.25, -0.2) is 5.84 Å². The lowest BCUT2D eigenvalue weighted by molar-refractivity contribution is -0.137. The maximum absolute atomic E-state index is 13.2. The highest BCUT2D eigenvalue weighted by Gasteiger charge is 2.37. The lowest BCUT2D eigenvalue weighted by atomic mass is 10.0. The molecule has 1 aromatic heterocycles. The number of carbonyl (C=O) groups excluding carboxylic acids is 1. The van der Waals surface area contributed by atoms with E-state index in [1.165, 1.54) is 16.0 Å². The second-order valence-corrected chi connectivity index (χ2v) is 7.67. The van der Waals surface area contributed by atoms with Gasteiger partial charge in [0.15, 0.2) is 5.82 Å². The summed E-state index contributed by atoms with van der Waals surface area (Å²) in [5.74, 6) is 6.06. The summed E-state index contributed by atoms with van der Waals surface area (Å²) in [4.78, 5) is 14.4. The molecule has 1 amide bonds. The van der Waals surface area contributed by atoms with Gasteiger partial charge in [0.25, 0.3) is 5.91 Å². The number of aromatic nitrogens is 2. The first kappa shape index (κ1) is 23.9. The van der Waals surface area contributed by atoms with E-state index < -0.39 is 28.7 Å². The highest BCUT2D eigenvalue weighted by molar-refractivity contribution is 6.34. The lowest BCUT2D eigenvalue weighted by Crippen LogP contribution is -2.49. The first-order chi connectivity index (χ1) is 15.1. The van der Waals surface area contributed by atoms with E-state index in [1.54, 1.807) is 31.0 Å². The molecule has 4 N–H and O–H groups in total. The summed E-state index contributed by atoms with van der Waals surface area (Å²) in [5, 5.41) is 5.10. The van der Waals surface area contributed by atoms with Crippen LogP contribution in [0.3, 0.4) is 0 Å². The summed E-state index contributed by atoms with van der Waals surface area (Å²) in [6, 6.07) is 4.37. The van der Waals surface area contributed by atoms with Crippen molar-refractivity contribution < 1.29 is 22.7 Å². The summed E-state index contributed by atoms with van der Waals surface area (Å²) < 4.78 is 46.2. The summed E-state index contributed by atoms with van der Waals surface area (Å²) in [7, 11) is 1.59. The van der Waals surface area contributed by atoms with E-state index in [4.69, 9.17) is 27.9 Å². The third-order valence-electron chi connectivity index (χ3n) is 5.32. The molecule has 0 saturated carbocycles. The molecule has 2 aromatic rings. The molecule has 1 aliphatic rings. The molecule has 0 saturated heterocycles. The van der Waals surface area contributed by atoms with Crippen molar-refractivity contribution in [3.8, 4) is 0 Å². The third-order valence-corrected chi connectivity index (χ3v) is 5.73. The van der Waals surface area contributed by atoms with Crippen molar-refractivity contribution in [1.29, 1.82) is 0 Å². The molecule has 0 aliphatic carbocycles. The number of benzene rings is 1. The zero-order valence-electron chi connectivity index (χ0n) is 17.6. The summed E-state index contributed by atoms with van der Waals surface area (Å²) >= 11 is 5.93. The SMILES string of the molecule is COCCn1ccc(N(N)C2=C(N)C(C)N(C(=O)c3cccc(C(F)(F)F)c3Cl)CC2)n1. The fraction of sp³-hybridized carbons (Fsp3) is 0.400. The van der Waals surface area contributed by atoms with Crippen LogP contribution >= 0.6 is 11.6 Å². The van der Waals surface area contributed by atoms with Gasteiger partial charge in [0.05, 0.1) is 46.7 Å². The van der Waals surface area contributed by atoms with Gasteiger partial charge in [-0.1, -0.05) is 17.7 Å². The standard InChI is InChI=1S/C20H24ClF3N6O2/c1-12-18(25)15(30(26)16-7-8-28(27-16)10-11-32-2)6-9-29(12)19(31)13-4-3-5-14(17(13)21)20(22,23)24/h3-5,7-8,12H,6,9-11,25-26H2,1-2H3. The molecule has 1 aliphatic heterocycles. The Morgan fingerprint density at radius 1 is 1.38 bits per heavy atom. The number of nitrogens with zero attached hydrogens (tertiary/aromatic N) is 4. The lowest BCUT2D eigenvalue weighted by Gasteiger charge is -2.37. The molecule has 12 heteroatoms. The van der Waals surface area contributed by atoms with E-state index >= 15 is 0 Å².